The summed E-state index contributed by atoms with van der Waals surface area (Å²) < 4.78 is 23.5. The number of furan rings is 1. The molecule has 0 radical (unpaired) electrons. The van der Waals surface area contributed by atoms with Crippen LogP contribution in [0.3, 0.4) is 0 Å². The quantitative estimate of drug-likeness (QED) is 0.493. The van der Waals surface area contributed by atoms with Gasteiger partial charge in [0.2, 0.25) is 0 Å². The van der Waals surface area contributed by atoms with E-state index in [0.29, 0.717) is 23.6 Å². The molecule has 0 bridgehead atoms. The van der Waals surface area contributed by atoms with E-state index in [1.807, 2.05) is 0 Å². The summed E-state index contributed by atoms with van der Waals surface area (Å²) in [5, 5.41) is 3.28. The molecule has 1 aromatic carbocycles. The van der Waals surface area contributed by atoms with Crippen LogP contribution in [0.15, 0.2) is 39.7 Å². The number of guanidine groups is 1. The van der Waals surface area contributed by atoms with Crippen molar-refractivity contribution in [2.75, 3.05) is 45.2 Å². The van der Waals surface area contributed by atoms with Crippen molar-refractivity contribution in [1.82, 2.24) is 10.2 Å². The Hall–Kier alpha value is -3.03. The number of methoxy groups -OCH3 is 1. The Morgan fingerprint density at radius 2 is 1.93 bits per heavy atom. The van der Waals surface area contributed by atoms with Crippen LogP contribution in [-0.4, -0.2) is 57.2 Å². The van der Waals surface area contributed by atoms with Crippen LogP contribution in [0, 0.1) is 12.7 Å². The SMILES string of the molecule is CN=C(NCc1cc(C(=O)OC)c(C)o1)N1CCN(c2ccc(F)cc2)CC1. The van der Waals surface area contributed by atoms with E-state index in [9.17, 15) is 9.18 Å². The van der Waals surface area contributed by atoms with Gasteiger partial charge in [-0.25, -0.2) is 9.18 Å². The van der Waals surface area contributed by atoms with Crippen LogP contribution in [0.4, 0.5) is 10.1 Å². The van der Waals surface area contributed by atoms with E-state index >= 15 is 0 Å². The van der Waals surface area contributed by atoms with Crippen LogP contribution in [0.2, 0.25) is 0 Å². The molecule has 1 saturated heterocycles. The number of esters is 1. The third-order valence-electron chi connectivity index (χ3n) is 4.78. The zero-order chi connectivity index (χ0) is 20.1. The van der Waals surface area contributed by atoms with Gasteiger partial charge in [0.1, 0.15) is 22.9 Å². The minimum atomic E-state index is -0.409. The van der Waals surface area contributed by atoms with Gasteiger partial charge in [-0.1, -0.05) is 0 Å². The third-order valence-corrected chi connectivity index (χ3v) is 4.78. The van der Waals surface area contributed by atoms with Crippen molar-refractivity contribution in [2.45, 2.75) is 13.5 Å². The van der Waals surface area contributed by atoms with Gasteiger partial charge in [-0.2, -0.15) is 0 Å². The minimum absolute atomic E-state index is 0.226. The predicted octanol–water partition coefficient (Wildman–Crippen LogP) is 2.41. The lowest BCUT2D eigenvalue weighted by atomic mass is 10.2. The molecule has 0 amide bonds. The van der Waals surface area contributed by atoms with Crippen molar-refractivity contribution in [3.8, 4) is 0 Å². The monoisotopic (exact) mass is 388 g/mol. The summed E-state index contributed by atoms with van der Waals surface area (Å²) in [6, 6.07) is 8.26. The Balaban J connectivity index is 1.55. The molecule has 0 spiro atoms. The molecule has 2 heterocycles. The van der Waals surface area contributed by atoms with Crippen molar-refractivity contribution in [2.24, 2.45) is 4.99 Å². The van der Waals surface area contributed by atoms with E-state index in [1.165, 1.54) is 19.2 Å². The summed E-state index contributed by atoms with van der Waals surface area (Å²) in [6.45, 7) is 5.38. The molecule has 2 aromatic rings. The standard InChI is InChI=1S/C20H25FN4O3/c1-14-18(19(26)27-3)12-17(28-14)13-23-20(22-2)25-10-8-24(9-11-25)16-6-4-15(21)5-7-16/h4-7,12H,8-11,13H2,1-3H3,(H,22,23). The van der Waals surface area contributed by atoms with Crippen LogP contribution in [0.1, 0.15) is 21.9 Å². The second kappa shape index (κ2) is 8.77. The molecule has 1 aliphatic rings. The number of rotatable bonds is 4. The lowest BCUT2D eigenvalue weighted by Crippen LogP contribution is -2.52. The predicted molar refractivity (Wildman–Crippen MR) is 105 cm³/mol. The van der Waals surface area contributed by atoms with E-state index in [2.05, 4.69) is 20.1 Å². The molecule has 3 rings (SSSR count). The molecule has 28 heavy (non-hydrogen) atoms. The normalized spacial score (nSPS) is 14.9. The summed E-state index contributed by atoms with van der Waals surface area (Å²) in [6.07, 6.45) is 0. The number of piperazine rings is 1. The van der Waals surface area contributed by atoms with Gasteiger partial charge in [-0.15, -0.1) is 0 Å². The average Bonchev–Trinajstić information content (AvgIpc) is 3.09. The van der Waals surface area contributed by atoms with Gasteiger partial charge in [-0.3, -0.25) is 4.99 Å². The lowest BCUT2D eigenvalue weighted by molar-refractivity contribution is 0.0599. The molecule has 0 saturated carbocycles. The summed E-state index contributed by atoms with van der Waals surface area (Å²) in [4.78, 5) is 20.4. The smallest absolute Gasteiger partial charge is 0.341 e. The zero-order valence-electron chi connectivity index (χ0n) is 16.4. The van der Waals surface area contributed by atoms with Crippen LogP contribution in [0.5, 0.6) is 0 Å². The first-order valence-electron chi connectivity index (χ1n) is 9.15. The van der Waals surface area contributed by atoms with Gasteiger partial charge in [0, 0.05) is 38.9 Å². The summed E-state index contributed by atoms with van der Waals surface area (Å²) >= 11 is 0. The number of hydrogen-bond acceptors (Lipinski definition) is 5. The fourth-order valence-electron chi connectivity index (χ4n) is 3.27. The largest absolute Gasteiger partial charge is 0.465 e. The van der Waals surface area contributed by atoms with E-state index in [0.717, 1.165) is 37.8 Å². The molecule has 0 atom stereocenters. The molecule has 0 aliphatic carbocycles. The van der Waals surface area contributed by atoms with Crippen LogP contribution in [0.25, 0.3) is 0 Å². The van der Waals surface area contributed by atoms with E-state index in [4.69, 9.17) is 9.15 Å². The molecule has 150 valence electrons. The zero-order valence-corrected chi connectivity index (χ0v) is 16.4. The molecule has 8 heteroatoms. The number of ether oxygens (including phenoxy) is 1. The van der Waals surface area contributed by atoms with Crippen LogP contribution < -0.4 is 10.2 Å². The summed E-state index contributed by atoms with van der Waals surface area (Å²) in [5.74, 6) is 1.31. The van der Waals surface area contributed by atoms with E-state index in [-0.39, 0.29) is 5.82 Å². The number of nitrogens with zero attached hydrogens (tertiary/aromatic N) is 3. The van der Waals surface area contributed by atoms with Gasteiger partial charge < -0.3 is 24.3 Å². The number of carbonyl (C=O) groups is 1. The van der Waals surface area contributed by atoms with Gasteiger partial charge in [0.05, 0.1) is 13.7 Å². The number of anilines is 1. The van der Waals surface area contributed by atoms with Crippen molar-refractivity contribution in [3.05, 3.63) is 53.2 Å². The molecular weight excluding hydrogens is 363 g/mol. The third kappa shape index (κ3) is 4.44. The Bertz CT molecular complexity index is 840. The number of halogens is 1. The van der Waals surface area contributed by atoms with Crippen molar-refractivity contribution in [3.63, 3.8) is 0 Å². The first kappa shape index (κ1) is 19.7. The fraction of sp³-hybridized carbons (Fsp3) is 0.400. The Morgan fingerprint density at radius 3 is 2.54 bits per heavy atom. The first-order chi connectivity index (χ1) is 13.5. The van der Waals surface area contributed by atoms with Crippen molar-refractivity contribution in [1.29, 1.82) is 0 Å². The van der Waals surface area contributed by atoms with Crippen LogP contribution >= 0.6 is 0 Å². The van der Waals surface area contributed by atoms with Gasteiger partial charge >= 0.3 is 5.97 Å². The Kier molecular flexibility index (Phi) is 6.18. The highest BCUT2D eigenvalue weighted by Crippen LogP contribution is 2.18. The maximum Gasteiger partial charge on any atom is 0.341 e. The van der Waals surface area contributed by atoms with Gasteiger partial charge in [-0.05, 0) is 37.3 Å². The highest BCUT2D eigenvalue weighted by atomic mass is 19.1. The lowest BCUT2D eigenvalue weighted by Gasteiger charge is -2.37. The van der Waals surface area contributed by atoms with Crippen LogP contribution in [-0.2, 0) is 11.3 Å². The molecule has 0 unspecified atom stereocenters. The number of carbonyl (C=O) groups excluding carboxylic acids is 1. The van der Waals surface area contributed by atoms with Gasteiger partial charge in [0.25, 0.3) is 0 Å². The Labute approximate surface area is 163 Å². The number of nitrogens with one attached hydrogen (secondary N) is 1. The first-order valence-corrected chi connectivity index (χ1v) is 9.15. The maximum atomic E-state index is 13.1. The van der Waals surface area contributed by atoms with E-state index in [1.54, 1.807) is 32.2 Å². The molecule has 1 aromatic heterocycles. The second-order valence-electron chi connectivity index (χ2n) is 6.53. The number of aliphatic imine (C=N–C) groups is 1. The Morgan fingerprint density at radius 1 is 1.25 bits per heavy atom. The highest BCUT2D eigenvalue weighted by Gasteiger charge is 2.21. The number of hydrogen-bond donors (Lipinski definition) is 1. The number of benzene rings is 1. The molecule has 1 fully saturated rings. The summed E-state index contributed by atoms with van der Waals surface area (Å²) in [5.41, 5.74) is 1.45. The molecular formula is C20H25FN4O3. The molecule has 1 aliphatic heterocycles. The highest BCUT2D eigenvalue weighted by molar-refractivity contribution is 5.90. The average molecular weight is 388 g/mol. The van der Waals surface area contributed by atoms with Crippen molar-refractivity contribution < 1.29 is 18.3 Å². The summed E-state index contributed by atoms with van der Waals surface area (Å²) in [7, 11) is 3.09. The number of aryl methyl sites for hydroxylation is 1. The molecule has 7 nitrogen and oxygen atoms in total. The molecule has 1 N–H and O–H groups in total. The maximum absolute atomic E-state index is 13.1. The van der Waals surface area contributed by atoms with Gasteiger partial charge in [0.15, 0.2) is 5.96 Å². The van der Waals surface area contributed by atoms with Crippen molar-refractivity contribution >= 4 is 17.6 Å². The fourth-order valence-corrected chi connectivity index (χ4v) is 3.27. The van der Waals surface area contributed by atoms with E-state index < -0.39 is 5.97 Å². The minimum Gasteiger partial charge on any atom is -0.465 e. The topological polar surface area (TPSA) is 70.3 Å². The second-order valence-corrected chi connectivity index (χ2v) is 6.53.